The molecule has 2 N–H and O–H groups in total. The molecule has 0 atom stereocenters. The van der Waals surface area contributed by atoms with Crippen LogP contribution in [0.15, 0.2) is 60.7 Å². The lowest BCUT2D eigenvalue weighted by atomic mass is 10.3. The molecule has 2 aromatic carbocycles. The van der Waals surface area contributed by atoms with E-state index in [4.69, 9.17) is 4.74 Å². The minimum Gasteiger partial charge on any atom is -0.489 e. The van der Waals surface area contributed by atoms with Gasteiger partial charge in [0.1, 0.15) is 11.6 Å². The zero-order valence-electron chi connectivity index (χ0n) is 14.7. The van der Waals surface area contributed by atoms with Gasteiger partial charge in [0.2, 0.25) is 5.95 Å². The first-order chi connectivity index (χ1) is 12.1. The van der Waals surface area contributed by atoms with E-state index in [1.54, 1.807) is 0 Å². The maximum atomic E-state index is 5.84. The number of ether oxygens (including phenoxy) is 1. The summed E-state index contributed by atoms with van der Waals surface area (Å²) in [6.45, 7) is 5.95. The number of nitrogens with one attached hydrogen (secondary N) is 2. The van der Waals surface area contributed by atoms with Crippen molar-refractivity contribution in [2.75, 3.05) is 10.6 Å². The van der Waals surface area contributed by atoms with E-state index in [0.717, 1.165) is 28.6 Å². The molecule has 0 aliphatic heterocycles. The summed E-state index contributed by atoms with van der Waals surface area (Å²) in [6, 6.07) is 19.6. The molecule has 3 rings (SSSR count). The molecule has 5 nitrogen and oxygen atoms in total. The topological polar surface area (TPSA) is 59.1 Å². The standard InChI is InChI=1S/C20H22N4O/c1-14(2)25-18-12-8-7-11-17(18)23-20-21-15(3)13-19(24-20)22-16-9-5-4-6-10-16/h4-14H,1-3H3,(H2,21,22,23,24). The number of aryl methyl sites for hydroxylation is 1. The van der Waals surface area contributed by atoms with Gasteiger partial charge < -0.3 is 15.4 Å². The summed E-state index contributed by atoms with van der Waals surface area (Å²) in [6.07, 6.45) is 0.0942. The largest absolute Gasteiger partial charge is 0.489 e. The van der Waals surface area contributed by atoms with E-state index in [1.807, 2.05) is 81.4 Å². The Kier molecular flexibility index (Phi) is 5.14. The summed E-state index contributed by atoms with van der Waals surface area (Å²) >= 11 is 0. The van der Waals surface area contributed by atoms with Crippen LogP contribution in [0.2, 0.25) is 0 Å². The third-order valence-corrected chi connectivity index (χ3v) is 3.40. The van der Waals surface area contributed by atoms with Crippen molar-refractivity contribution < 1.29 is 4.74 Å². The van der Waals surface area contributed by atoms with E-state index >= 15 is 0 Å². The van der Waals surface area contributed by atoms with Crippen LogP contribution in [0.25, 0.3) is 0 Å². The molecule has 0 bridgehead atoms. The predicted octanol–water partition coefficient (Wildman–Crippen LogP) is 5.06. The number of hydrogen-bond acceptors (Lipinski definition) is 5. The summed E-state index contributed by atoms with van der Waals surface area (Å²) in [4.78, 5) is 9.03. The third kappa shape index (κ3) is 4.70. The molecular formula is C20H22N4O. The average molecular weight is 334 g/mol. The van der Waals surface area contributed by atoms with Crippen molar-refractivity contribution in [3.05, 3.63) is 66.4 Å². The van der Waals surface area contributed by atoms with Gasteiger partial charge in [-0.2, -0.15) is 4.98 Å². The highest BCUT2D eigenvalue weighted by Crippen LogP contribution is 2.27. The van der Waals surface area contributed by atoms with E-state index < -0.39 is 0 Å². The van der Waals surface area contributed by atoms with Gasteiger partial charge in [-0.05, 0) is 45.0 Å². The normalized spacial score (nSPS) is 10.6. The second-order valence-electron chi connectivity index (χ2n) is 6.00. The van der Waals surface area contributed by atoms with Gasteiger partial charge in [-0.3, -0.25) is 0 Å². The summed E-state index contributed by atoms with van der Waals surface area (Å²) in [5.74, 6) is 2.04. The molecule has 0 aliphatic rings. The minimum absolute atomic E-state index is 0.0942. The third-order valence-electron chi connectivity index (χ3n) is 3.40. The van der Waals surface area contributed by atoms with Gasteiger partial charge in [0.15, 0.2) is 0 Å². The molecule has 25 heavy (non-hydrogen) atoms. The van der Waals surface area contributed by atoms with Crippen molar-refractivity contribution in [1.82, 2.24) is 9.97 Å². The number of anilines is 4. The molecule has 5 heteroatoms. The van der Waals surface area contributed by atoms with Crippen molar-refractivity contribution in [2.24, 2.45) is 0 Å². The van der Waals surface area contributed by atoms with Crippen LogP contribution in [0.4, 0.5) is 23.1 Å². The number of benzene rings is 2. The van der Waals surface area contributed by atoms with Crippen LogP contribution in [0.1, 0.15) is 19.5 Å². The number of para-hydroxylation sites is 3. The first-order valence-electron chi connectivity index (χ1n) is 8.30. The van der Waals surface area contributed by atoms with Crippen molar-refractivity contribution in [3.8, 4) is 5.75 Å². The molecule has 0 saturated heterocycles. The van der Waals surface area contributed by atoms with Crippen LogP contribution in [0.3, 0.4) is 0 Å². The molecule has 1 heterocycles. The lowest BCUT2D eigenvalue weighted by Crippen LogP contribution is -2.08. The van der Waals surface area contributed by atoms with Crippen molar-refractivity contribution >= 4 is 23.1 Å². The zero-order chi connectivity index (χ0) is 17.6. The Hall–Kier alpha value is -3.08. The molecule has 0 saturated carbocycles. The van der Waals surface area contributed by atoms with E-state index in [0.29, 0.717) is 5.95 Å². The summed E-state index contributed by atoms with van der Waals surface area (Å²) < 4.78 is 5.84. The van der Waals surface area contributed by atoms with Gasteiger partial charge in [-0.15, -0.1) is 0 Å². The fraction of sp³-hybridized carbons (Fsp3) is 0.200. The number of hydrogen-bond donors (Lipinski definition) is 2. The smallest absolute Gasteiger partial charge is 0.229 e. The van der Waals surface area contributed by atoms with E-state index in [9.17, 15) is 0 Å². The molecule has 0 spiro atoms. The van der Waals surface area contributed by atoms with E-state index in [2.05, 4.69) is 20.6 Å². The molecule has 0 unspecified atom stereocenters. The Balaban J connectivity index is 1.84. The second-order valence-corrected chi connectivity index (χ2v) is 6.00. The maximum Gasteiger partial charge on any atom is 0.229 e. The highest BCUT2D eigenvalue weighted by Gasteiger charge is 2.08. The van der Waals surface area contributed by atoms with Crippen LogP contribution in [0.5, 0.6) is 5.75 Å². The van der Waals surface area contributed by atoms with Crippen LogP contribution in [-0.2, 0) is 0 Å². The maximum absolute atomic E-state index is 5.84. The average Bonchev–Trinajstić information content (AvgIpc) is 2.56. The Morgan fingerprint density at radius 2 is 1.60 bits per heavy atom. The van der Waals surface area contributed by atoms with Gasteiger partial charge in [0.25, 0.3) is 0 Å². The van der Waals surface area contributed by atoms with Crippen LogP contribution in [-0.4, -0.2) is 16.1 Å². The van der Waals surface area contributed by atoms with E-state index in [1.165, 1.54) is 0 Å². The minimum atomic E-state index is 0.0942. The fourth-order valence-electron chi connectivity index (χ4n) is 2.40. The van der Waals surface area contributed by atoms with Crippen LogP contribution in [0, 0.1) is 6.92 Å². The fourth-order valence-corrected chi connectivity index (χ4v) is 2.40. The first-order valence-corrected chi connectivity index (χ1v) is 8.30. The van der Waals surface area contributed by atoms with Gasteiger partial charge >= 0.3 is 0 Å². The first kappa shape index (κ1) is 16.8. The quantitative estimate of drug-likeness (QED) is 0.660. The van der Waals surface area contributed by atoms with Crippen LogP contribution >= 0.6 is 0 Å². The van der Waals surface area contributed by atoms with Gasteiger partial charge in [-0.25, -0.2) is 4.98 Å². The monoisotopic (exact) mass is 334 g/mol. The highest BCUT2D eigenvalue weighted by atomic mass is 16.5. The van der Waals surface area contributed by atoms with Crippen molar-refractivity contribution in [3.63, 3.8) is 0 Å². The summed E-state index contributed by atoms with van der Waals surface area (Å²) in [5.41, 5.74) is 2.70. The van der Waals surface area contributed by atoms with Gasteiger partial charge in [0.05, 0.1) is 11.8 Å². The number of nitrogens with zero attached hydrogens (tertiary/aromatic N) is 2. The van der Waals surface area contributed by atoms with Gasteiger partial charge in [0, 0.05) is 17.4 Å². The Labute approximate surface area is 148 Å². The Morgan fingerprint density at radius 1 is 0.880 bits per heavy atom. The van der Waals surface area contributed by atoms with E-state index in [-0.39, 0.29) is 6.10 Å². The lowest BCUT2D eigenvalue weighted by molar-refractivity contribution is 0.244. The Morgan fingerprint density at radius 3 is 2.36 bits per heavy atom. The molecule has 128 valence electrons. The molecule has 0 radical (unpaired) electrons. The second kappa shape index (κ2) is 7.66. The lowest BCUT2D eigenvalue weighted by Gasteiger charge is -2.15. The van der Waals surface area contributed by atoms with Gasteiger partial charge in [-0.1, -0.05) is 30.3 Å². The zero-order valence-corrected chi connectivity index (χ0v) is 14.7. The highest BCUT2D eigenvalue weighted by molar-refractivity contribution is 5.64. The van der Waals surface area contributed by atoms with Crippen molar-refractivity contribution in [1.29, 1.82) is 0 Å². The van der Waals surface area contributed by atoms with Crippen molar-refractivity contribution in [2.45, 2.75) is 26.9 Å². The SMILES string of the molecule is Cc1cc(Nc2ccccc2)nc(Nc2ccccc2OC(C)C)n1. The molecule has 0 fully saturated rings. The summed E-state index contributed by atoms with van der Waals surface area (Å²) in [5, 5.41) is 6.55. The predicted molar refractivity (Wildman–Crippen MR) is 102 cm³/mol. The molecule has 0 aliphatic carbocycles. The molecule has 1 aromatic heterocycles. The Bertz CT molecular complexity index is 834. The number of rotatable bonds is 6. The molecule has 3 aromatic rings. The molecular weight excluding hydrogens is 312 g/mol. The summed E-state index contributed by atoms with van der Waals surface area (Å²) in [7, 11) is 0. The molecule has 0 amide bonds. The van der Waals surface area contributed by atoms with Crippen LogP contribution < -0.4 is 15.4 Å². The number of aromatic nitrogens is 2.